The van der Waals surface area contributed by atoms with E-state index in [0.29, 0.717) is 0 Å². The van der Waals surface area contributed by atoms with Crippen LogP contribution in [0, 0.1) is 0 Å². The lowest BCUT2D eigenvalue weighted by molar-refractivity contribution is -0.140. The molecule has 0 aliphatic rings. The molecule has 0 radical (unpaired) electrons. The lowest BCUT2D eigenvalue weighted by atomic mass is 10.2. The van der Waals surface area contributed by atoms with E-state index in [0.717, 1.165) is 12.1 Å². The summed E-state index contributed by atoms with van der Waals surface area (Å²) in [6.45, 7) is 0.143. The number of ether oxygens (including phenoxy) is 1. The van der Waals surface area contributed by atoms with Gasteiger partial charge in [0.2, 0.25) is 0 Å². The molecule has 1 aromatic heterocycles. The summed E-state index contributed by atoms with van der Waals surface area (Å²) in [6, 6.07) is 1.80. The minimum absolute atomic E-state index is 0.0445. The minimum Gasteiger partial charge on any atom is -0.469 e. The van der Waals surface area contributed by atoms with E-state index in [-0.39, 0.29) is 24.6 Å². The Kier molecular flexibility index (Phi) is 4.96. The SMILES string of the molecule is CNc1cc(C(F)(F)F)cc(NCCC(=O)OC)n1. The third-order valence-corrected chi connectivity index (χ3v) is 2.27. The predicted molar refractivity (Wildman–Crippen MR) is 63.9 cm³/mol. The molecule has 0 aliphatic carbocycles. The second-order valence-electron chi connectivity index (χ2n) is 3.63. The van der Waals surface area contributed by atoms with Crippen molar-refractivity contribution < 1.29 is 22.7 Å². The predicted octanol–water partition coefficient (Wildman–Crippen LogP) is 2.12. The molecule has 19 heavy (non-hydrogen) atoms. The van der Waals surface area contributed by atoms with Gasteiger partial charge in [-0.3, -0.25) is 4.79 Å². The third-order valence-electron chi connectivity index (χ3n) is 2.27. The highest BCUT2D eigenvalue weighted by atomic mass is 19.4. The first-order chi connectivity index (χ1) is 8.86. The first-order valence-electron chi connectivity index (χ1n) is 5.44. The van der Waals surface area contributed by atoms with Crippen LogP contribution in [0.25, 0.3) is 0 Å². The zero-order valence-corrected chi connectivity index (χ0v) is 10.5. The molecule has 2 N–H and O–H groups in total. The maximum absolute atomic E-state index is 12.6. The fourth-order valence-electron chi connectivity index (χ4n) is 1.31. The number of halogens is 3. The van der Waals surface area contributed by atoms with E-state index in [2.05, 4.69) is 20.4 Å². The molecule has 0 bridgehead atoms. The highest BCUT2D eigenvalue weighted by molar-refractivity contribution is 5.69. The molecule has 0 spiro atoms. The summed E-state index contributed by atoms with van der Waals surface area (Å²) in [6.07, 6.45) is -4.41. The van der Waals surface area contributed by atoms with Crippen molar-refractivity contribution in [1.29, 1.82) is 0 Å². The zero-order chi connectivity index (χ0) is 14.5. The van der Waals surface area contributed by atoms with Crippen LogP contribution in [0.4, 0.5) is 24.8 Å². The van der Waals surface area contributed by atoms with Gasteiger partial charge in [-0.05, 0) is 12.1 Å². The van der Waals surface area contributed by atoms with Gasteiger partial charge >= 0.3 is 12.1 Å². The number of esters is 1. The zero-order valence-electron chi connectivity index (χ0n) is 10.5. The normalized spacial score (nSPS) is 11.0. The number of hydrogen-bond donors (Lipinski definition) is 2. The standard InChI is InChI=1S/C11H14F3N3O2/c1-15-8-5-7(11(12,13)14)6-9(17-8)16-4-3-10(18)19-2/h5-6H,3-4H2,1-2H3,(H2,15,16,17). The number of aromatic nitrogens is 1. The lowest BCUT2D eigenvalue weighted by Crippen LogP contribution is -2.13. The maximum atomic E-state index is 12.6. The van der Waals surface area contributed by atoms with Gasteiger partial charge < -0.3 is 15.4 Å². The third kappa shape index (κ3) is 4.65. The van der Waals surface area contributed by atoms with Gasteiger partial charge in [-0.2, -0.15) is 13.2 Å². The van der Waals surface area contributed by atoms with Gasteiger partial charge in [0.1, 0.15) is 11.6 Å². The molecule has 1 rings (SSSR count). The van der Waals surface area contributed by atoms with Crippen molar-refractivity contribution in [2.75, 3.05) is 31.3 Å². The van der Waals surface area contributed by atoms with E-state index in [9.17, 15) is 18.0 Å². The maximum Gasteiger partial charge on any atom is 0.416 e. The molecule has 0 aromatic carbocycles. The highest BCUT2D eigenvalue weighted by Crippen LogP contribution is 2.31. The molecule has 106 valence electrons. The van der Waals surface area contributed by atoms with Crippen LogP contribution in [-0.4, -0.2) is 31.7 Å². The Morgan fingerprint density at radius 3 is 2.53 bits per heavy atom. The molecular formula is C11H14F3N3O2. The summed E-state index contributed by atoms with van der Waals surface area (Å²) >= 11 is 0. The molecule has 0 saturated heterocycles. The fourth-order valence-corrected chi connectivity index (χ4v) is 1.31. The largest absolute Gasteiger partial charge is 0.469 e. The van der Waals surface area contributed by atoms with Gasteiger partial charge in [0, 0.05) is 13.6 Å². The number of anilines is 2. The molecule has 0 saturated carbocycles. The van der Waals surface area contributed by atoms with Gasteiger partial charge in [0.15, 0.2) is 0 Å². The van der Waals surface area contributed by atoms with Crippen molar-refractivity contribution in [2.45, 2.75) is 12.6 Å². The summed E-state index contributed by atoms with van der Waals surface area (Å²) < 4.78 is 42.3. The number of carbonyl (C=O) groups is 1. The molecular weight excluding hydrogens is 263 g/mol. The molecule has 5 nitrogen and oxygen atoms in total. The molecule has 0 atom stereocenters. The number of nitrogens with one attached hydrogen (secondary N) is 2. The Balaban J connectivity index is 2.80. The van der Waals surface area contributed by atoms with Gasteiger partial charge in [0.05, 0.1) is 19.1 Å². The second kappa shape index (κ2) is 6.26. The van der Waals surface area contributed by atoms with E-state index in [1.807, 2.05) is 0 Å². The Morgan fingerprint density at radius 2 is 2.00 bits per heavy atom. The first kappa shape index (κ1) is 15.1. The number of alkyl halides is 3. The van der Waals surface area contributed by atoms with Crippen LogP contribution in [0.2, 0.25) is 0 Å². The van der Waals surface area contributed by atoms with Crippen molar-refractivity contribution in [1.82, 2.24) is 4.98 Å². The number of methoxy groups -OCH3 is 1. The van der Waals surface area contributed by atoms with Crippen LogP contribution in [0.15, 0.2) is 12.1 Å². The van der Waals surface area contributed by atoms with E-state index in [4.69, 9.17) is 0 Å². The minimum atomic E-state index is -4.45. The number of rotatable bonds is 5. The van der Waals surface area contributed by atoms with E-state index in [1.54, 1.807) is 0 Å². The van der Waals surface area contributed by atoms with E-state index in [1.165, 1.54) is 14.2 Å². The van der Waals surface area contributed by atoms with Gasteiger partial charge in [-0.15, -0.1) is 0 Å². The van der Waals surface area contributed by atoms with Gasteiger partial charge in [-0.1, -0.05) is 0 Å². The Morgan fingerprint density at radius 1 is 1.37 bits per heavy atom. The Hall–Kier alpha value is -1.99. The smallest absolute Gasteiger partial charge is 0.416 e. The topological polar surface area (TPSA) is 63.2 Å². The summed E-state index contributed by atoms with van der Waals surface area (Å²) in [5.74, 6) is -0.313. The van der Waals surface area contributed by atoms with Crippen LogP contribution in [0.5, 0.6) is 0 Å². The second-order valence-corrected chi connectivity index (χ2v) is 3.63. The molecule has 0 amide bonds. The van der Waals surface area contributed by atoms with Crippen molar-refractivity contribution in [3.05, 3.63) is 17.7 Å². The van der Waals surface area contributed by atoms with Crippen molar-refractivity contribution in [3.8, 4) is 0 Å². The number of hydrogen-bond acceptors (Lipinski definition) is 5. The van der Waals surface area contributed by atoms with Crippen LogP contribution >= 0.6 is 0 Å². The average molecular weight is 277 g/mol. The summed E-state index contributed by atoms with van der Waals surface area (Å²) in [5, 5.41) is 5.19. The first-order valence-corrected chi connectivity index (χ1v) is 5.44. The highest BCUT2D eigenvalue weighted by Gasteiger charge is 2.31. The Bertz CT molecular complexity index is 449. The summed E-state index contributed by atoms with van der Waals surface area (Å²) in [4.78, 5) is 14.8. The van der Waals surface area contributed by atoms with E-state index < -0.39 is 17.7 Å². The summed E-state index contributed by atoms with van der Waals surface area (Å²) in [5.41, 5.74) is -0.813. The number of pyridine rings is 1. The van der Waals surface area contributed by atoms with Crippen LogP contribution in [-0.2, 0) is 15.7 Å². The lowest BCUT2D eigenvalue weighted by Gasteiger charge is -2.12. The molecule has 1 aromatic rings. The van der Waals surface area contributed by atoms with Crippen molar-refractivity contribution >= 4 is 17.6 Å². The fraction of sp³-hybridized carbons (Fsp3) is 0.455. The van der Waals surface area contributed by atoms with E-state index >= 15 is 0 Å². The monoisotopic (exact) mass is 277 g/mol. The van der Waals surface area contributed by atoms with Gasteiger partial charge in [-0.25, -0.2) is 4.98 Å². The number of nitrogens with zero attached hydrogens (tertiary/aromatic N) is 1. The number of carbonyl (C=O) groups excluding carboxylic acids is 1. The molecule has 0 aliphatic heterocycles. The average Bonchev–Trinajstić information content (AvgIpc) is 2.37. The van der Waals surface area contributed by atoms with Crippen molar-refractivity contribution in [2.24, 2.45) is 0 Å². The van der Waals surface area contributed by atoms with Crippen LogP contribution < -0.4 is 10.6 Å². The molecule has 1 heterocycles. The molecule has 0 unspecified atom stereocenters. The summed E-state index contributed by atoms with van der Waals surface area (Å²) in [7, 11) is 2.71. The van der Waals surface area contributed by atoms with Crippen molar-refractivity contribution in [3.63, 3.8) is 0 Å². The molecule has 0 fully saturated rings. The Labute approximate surface area is 108 Å². The van der Waals surface area contributed by atoms with Gasteiger partial charge in [0.25, 0.3) is 0 Å². The quantitative estimate of drug-likeness (QED) is 0.807. The van der Waals surface area contributed by atoms with Crippen LogP contribution in [0.3, 0.4) is 0 Å². The molecule has 8 heteroatoms. The van der Waals surface area contributed by atoms with Crippen LogP contribution in [0.1, 0.15) is 12.0 Å².